The highest BCUT2D eigenvalue weighted by Gasteiger charge is 2.26. The minimum absolute atomic E-state index is 0.0461. The number of benzene rings is 3. The van der Waals surface area contributed by atoms with E-state index in [2.05, 4.69) is 10.0 Å². The van der Waals surface area contributed by atoms with Crippen LogP contribution in [0, 0.1) is 13.8 Å². The van der Waals surface area contributed by atoms with Gasteiger partial charge in [-0.3, -0.25) is 4.79 Å². The molecule has 0 radical (unpaired) electrons. The number of para-hydroxylation sites is 1. The Hall–Kier alpha value is -2.67. The van der Waals surface area contributed by atoms with Gasteiger partial charge in [0.2, 0.25) is 15.9 Å². The van der Waals surface area contributed by atoms with E-state index in [4.69, 9.17) is 11.6 Å². The molecule has 1 amide bonds. The van der Waals surface area contributed by atoms with Crippen LogP contribution < -0.4 is 10.0 Å². The summed E-state index contributed by atoms with van der Waals surface area (Å²) in [5.41, 5.74) is 3.34. The molecule has 0 fully saturated rings. The molecule has 156 valence electrons. The van der Waals surface area contributed by atoms with Gasteiger partial charge >= 0.3 is 0 Å². The lowest BCUT2D eigenvalue weighted by Crippen LogP contribution is -2.45. The minimum atomic E-state index is -3.92. The Morgan fingerprint density at radius 3 is 2.10 bits per heavy atom. The molecule has 0 heterocycles. The number of nitrogens with one attached hydrogen (secondary N) is 2. The van der Waals surface area contributed by atoms with Crippen molar-refractivity contribution >= 4 is 33.2 Å². The Balaban J connectivity index is 1.90. The van der Waals surface area contributed by atoms with E-state index in [0.717, 1.165) is 16.7 Å². The second kappa shape index (κ2) is 9.43. The fourth-order valence-electron chi connectivity index (χ4n) is 3.13. The molecule has 30 heavy (non-hydrogen) atoms. The molecule has 3 aromatic carbocycles. The van der Waals surface area contributed by atoms with Crippen molar-refractivity contribution in [2.24, 2.45) is 0 Å². The zero-order chi connectivity index (χ0) is 21.7. The second-order valence-corrected chi connectivity index (χ2v) is 9.22. The maximum Gasteiger partial charge on any atom is 0.242 e. The number of amides is 1. The van der Waals surface area contributed by atoms with Crippen LogP contribution in [0.5, 0.6) is 0 Å². The molecule has 0 aliphatic rings. The van der Waals surface area contributed by atoms with Crippen molar-refractivity contribution in [3.63, 3.8) is 0 Å². The van der Waals surface area contributed by atoms with Crippen LogP contribution in [0.3, 0.4) is 0 Å². The minimum Gasteiger partial charge on any atom is -0.324 e. The van der Waals surface area contributed by atoms with Crippen LogP contribution in [0.1, 0.15) is 16.7 Å². The highest BCUT2D eigenvalue weighted by atomic mass is 35.5. The number of carbonyl (C=O) groups excluding carboxylic acids is 1. The van der Waals surface area contributed by atoms with E-state index in [1.165, 1.54) is 24.3 Å². The summed E-state index contributed by atoms with van der Waals surface area (Å²) in [6.45, 7) is 3.79. The van der Waals surface area contributed by atoms with Gasteiger partial charge in [0.25, 0.3) is 0 Å². The first-order valence-electron chi connectivity index (χ1n) is 9.45. The number of hydrogen-bond acceptors (Lipinski definition) is 3. The van der Waals surface area contributed by atoms with E-state index < -0.39 is 22.0 Å². The Labute approximate surface area is 182 Å². The lowest BCUT2D eigenvalue weighted by atomic mass is 10.0. The summed E-state index contributed by atoms with van der Waals surface area (Å²) in [6.07, 6.45) is 0.213. The Morgan fingerprint density at radius 1 is 0.900 bits per heavy atom. The molecule has 0 aromatic heterocycles. The molecule has 5 nitrogen and oxygen atoms in total. The Kier molecular flexibility index (Phi) is 6.92. The molecule has 0 aliphatic carbocycles. The molecule has 0 unspecified atom stereocenters. The van der Waals surface area contributed by atoms with E-state index in [-0.39, 0.29) is 11.3 Å². The first-order chi connectivity index (χ1) is 14.3. The topological polar surface area (TPSA) is 75.3 Å². The van der Waals surface area contributed by atoms with Gasteiger partial charge in [-0.15, -0.1) is 0 Å². The monoisotopic (exact) mass is 442 g/mol. The van der Waals surface area contributed by atoms with Crippen LogP contribution in [-0.2, 0) is 21.2 Å². The van der Waals surface area contributed by atoms with Crippen molar-refractivity contribution < 1.29 is 13.2 Å². The molecule has 2 N–H and O–H groups in total. The molecule has 1 atom stereocenters. The van der Waals surface area contributed by atoms with Crippen molar-refractivity contribution in [2.75, 3.05) is 5.32 Å². The van der Waals surface area contributed by atoms with Gasteiger partial charge in [-0.05, 0) is 61.2 Å². The largest absolute Gasteiger partial charge is 0.324 e. The zero-order valence-electron chi connectivity index (χ0n) is 16.7. The predicted molar refractivity (Wildman–Crippen MR) is 120 cm³/mol. The third kappa shape index (κ3) is 5.48. The molecule has 7 heteroatoms. The predicted octanol–water partition coefficient (Wildman–Crippen LogP) is 4.49. The molecule has 3 rings (SSSR count). The summed E-state index contributed by atoms with van der Waals surface area (Å²) in [6, 6.07) is 19.8. The number of rotatable bonds is 7. The van der Waals surface area contributed by atoms with Crippen molar-refractivity contribution in [2.45, 2.75) is 31.2 Å². The second-order valence-electron chi connectivity index (χ2n) is 7.07. The van der Waals surface area contributed by atoms with Gasteiger partial charge in [0, 0.05) is 10.7 Å². The summed E-state index contributed by atoms with van der Waals surface area (Å²) in [7, 11) is -3.92. The van der Waals surface area contributed by atoms with Gasteiger partial charge in [-0.1, -0.05) is 60.1 Å². The van der Waals surface area contributed by atoms with Crippen LogP contribution in [0.4, 0.5) is 5.69 Å². The van der Waals surface area contributed by atoms with Gasteiger partial charge in [0.15, 0.2) is 0 Å². The van der Waals surface area contributed by atoms with Crippen LogP contribution in [0.2, 0.25) is 5.02 Å². The number of sulfonamides is 1. The summed E-state index contributed by atoms with van der Waals surface area (Å²) in [5, 5.41) is 3.33. The lowest BCUT2D eigenvalue weighted by Gasteiger charge is -2.20. The third-order valence-electron chi connectivity index (χ3n) is 4.75. The number of hydrogen-bond donors (Lipinski definition) is 2. The highest BCUT2D eigenvalue weighted by Crippen LogP contribution is 2.21. The summed E-state index contributed by atoms with van der Waals surface area (Å²) in [5.74, 6) is -0.422. The number of aryl methyl sites for hydroxylation is 2. The molecular formula is C23H23ClN2O3S. The van der Waals surface area contributed by atoms with Gasteiger partial charge in [-0.2, -0.15) is 4.72 Å². The standard InChI is InChI=1S/C23H23ClN2O3S/c1-16-7-6-8-17(2)22(16)25-23(27)21(15-18-9-4-3-5-10-18)26-30(28,29)20-13-11-19(24)12-14-20/h3-14,21,26H,15H2,1-2H3,(H,25,27)/t21-/m0/s1. The molecule has 3 aromatic rings. The van der Waals surface area contributed by atoms with E-state index >= 15 is 0 Å². The average Bonchev–Trinajstić information content (AvgIpc) is 2.71. The first kappa shape index (κ1) is 22.0. The maximum atomic E-state index is 13.1. The molecule has 0 spiro atoms. The smallest absolute Gasteiger partial charge is 0.242 e. The molecule has 0 bridgehead atoms. The van der Waals surface area contributed by atoms with Gasteiger partial charge < -0.3 is 5.32 Å². The maximum absolute atomic E-state index is 13.1. The summed E-state index contributed by atoms with van der Waals surface area (Å²) in [4.78, 5) is 13.2. The van der Waals surface area contributed by atoms with Crippen LogP contribution in [0.15, 0.2) is 77.7 Å². The summed E-state index contributed by atoms with van der Waals surface area (Å²) < 4.78 is 28.4. The van der Waals surface area contributed by atoms with E-state index in [1.54, 1.807) is 0 Å². The zero-order valence-corrected chi connectivity index (χ0v) is 18.3. The van der Waals surface area contributed by atoms with E-state index in [9.17, 15) is 13.2 Å². The number of anilines is 1. The van der Waals surface area contributed by atoms with E-state index in [0.29, 0.717) is 10.7 Å². The quantitative estimate of drug-likeness (QED) is 0.566. The SMILES string of the molecule is Cc1cccc(C)c1NC(=O)[C@H](Cc1ccccc1)NS(=O)(=O)c1ccc(Cl)cc1. The Morgan fingerprint density at radius 2 is 1.50 bits per heavy atom. The van der Waals surface area contributed by atoms with Gasteiger partial charge in [0.1, 0.15) is 6.04 Å². The molecular weight excluding hydrogens is 420 g/mol. The number of halogens is 1. The molecule has 0 saturated carbocycles. The fraction of sp³-hybridized carbons (Fsp3) is 0.174. The van der Waals surface area contributed by atoms with Gasteiger partial charge in [0.05, 0.1) is 4.90 Å². The lowest BCUT2D eigenvalue weighted by molar-refractivity contribution is -0.117. The van der Waals surface area contributed by atoms with Crippen molar-refractivity contribution in [1.82, 2.24) is 4.72 Å². The summed E-state index contributed by atoms with van der Waals surface area (Å²) >= 11 is 5.87. The third-order valence-corrected chi connectivity index (χ3v) is 6.49. The van der Waals surface area contributed by atoms with Crippen LogP contribution in [-0.4, -0.2) is 20.4 Å². The average molecular weight is 443 g/mol. The van der Waals surface area contributed by atoms with Crippen molar-refractivity contribution in [3.8, 4) is 0 Å². The van der Waals surface area contributed by atoms with Crippen LogP contribution >= 0.6 is 11.6 Å². The fourth-order valence-corrected chi connectivity index (χ4v) is 4.45. The Bertz CT molecular complexity index is 1110. The van der Waals surface area contributed by atoms with Crippen molar-refractivity contribution in [1.29, 1.82) is 0 Å². The molecule has 0 aliphatic heterocycles. The number of carbonyl (C=O) groups is 1. The normalized spacial score (nSPS) is 12.4. The van der Waals surface area contributed by atoms with E-state index in [1.807, 2.05) is 62.4 Å². The first-order valence-corrected chi connectivity index (χ1v) is 11.3. The van der Waals surface area contributed by atoms with Crippen LogP contribution in [0.25, 0.3) is 0 Å². The molecule has 0 saturated heterocycles. The highest BCUT2D eigenvalue weighted by molar-refractivity contribution is 7.89. The van der Waals surface area contributed by atoms with Gasteiger partial charge in [-0.25, -0.2) is 8.42 Å². The van der Waals surface area contributed by atoms with Crippen molar-refractivity contribution in [3.05, 3.63) is 94.5 Å².